The Bertz CT molecular complexity index is 1180. The lowest BCUT2D eigenvalue weighted by Crippen LogP contribution is -2.36. The Morgan fingerprint density at radius 3 is 2.35 bits per heavy atom. The third kappa shape index (κ3) is 4.42. The van der Waals surface area contributed by atoms with Crippen molar-refractivity contribution in [2.75, 3.05) is 20.8 Å². The zero-order chi connectivity index (χ0) is 24.4. The van der Waals surface area contributed by atoms with E-state index in [1.54, 1.807) is 27.2 Å². The van der Waals surface area contributed by atoms with Crippen LogP contribution < -0.4 is 14.8 Å². The molecule has 0 saturated heterocycles. The van der Waals surface area contributed by atoms with Crippen molar-refractivity contribution in [2.45, 2.75) is 38.5 Å². The zero-order valence-corrected chi connectivity index (χ0v) is 20.5. The van der Waals surface area contributed by atoms with Crippen molar-refractivity contribution >= 4 is 23.4 Å². The molecule has 0 amide bonds. The Morgan fingerprint density at radius 2 is 1.71 bits per heavy atom. The number of esters is 1. The van der Waals surface area contributed by atoms with Gasteiger partial charge in [0.1, 0.15) is 0 Å². The molecule has 34 heavy (non-hydrogen) atoms. The number of ether oxygens (including phenoxy) is 3. The van der Waals surface area contributed by atoms with Gasteiger partial charge in [-0.2, -0.15) is 0 Å². The molecule has 1 aliphatic carbocycles. The fourth-order valence-corrected chi connectivity index (χ4v) is 4.98. The average Bonchev–Trinajstić information content (AvgIpc) is 2.83. The van der Waals surface area contributed by atoms with E-state index in [-0.39, 0.29) is 18.3 Å². The van der Waals surface area contributed by atoms with Gasteiger partial charge in [0, 0.05) is 34.3 Å². The fraction of sp³-hybridized carbons (Fsp3) is 0.333. The minimum absolute atomic E-state index is 0.00258. The summed E-state index contributed by atoms with van der Waals surface area (Å²) in [5, 5.41) is 4.02. The second-order valence-corrected chi connectivity index (χ2v) is 8.84. The summed E-state index contributed by atoms with van der Waals surface area (Å²) in [5.41, 5.74) is 4.39. The summed E-state index contributed by atoms with van der Waals surface area (Å²) >= 11 is 6.06. The Morgan fingerprint density at radius 1 is 1.03 bits per heavy atom. The Labute approximate surface area is 204 Å². The van der Waals surface area contributed by atoms with E-state index in [1.807, 2.05) is 43.3 Å². The number of allylic oxidation sites excluding steroid dienone is 3. The van der Waals surface area contributed by atoms with Gasteiger partial charge in [0.05, 0.1) is 26.4 Å². The van der Waals surface area contributed by atoms with E-state index >= 15 is 0 Å². The first-order chi connectivity index (χ1) is 16.4. The number of ketones is 1. The second-order valence-electron chi connectivity index (χ2n) is 8.40. The van der Waals surface area contributed by atoms with Crippen molar-refractivity contribution < 1.29 is 23.8 Å². The second kappa shape index (κ2) is 9.94. The molecule has 2 aromatic carbocycles. The molecule has 0 bridgehead atoms. The molecule has 7 heteroatoms. The molecule has 0 fully saturated rings. The van der Waals surface area contributed by atoms with E-state index < -0.39 is 11.9 Å². The summed E-state index contributed by atoms with van der Waals surface area (Å²) in [6.45, 7) is 3.86. The molecule has 0 radical (unpaired) electrons. The summed E-state index contributed by atoms with van der Waals surface area (Å²) in [5.74, 6) is 0.136. The van der Waals surface area contributed by atoms with Crippen molar-refractivity contribution in [2.24, 2.45) is 0 Å². The molecular formula is C27H28ClNO5. The highest BCUT2D eigenvalue weighted by Gasteiger charge is 2.41. The van der Waals surface area contributed by atoms with Crippen LogP contribution >= 0.6 is 11.6 Å². The van der Waals surface area contributed by atoms with Gasteiger partial charge in [0.25, 0.3) is 0 Å². The number of nitrogens with one attached hydrogen (secondary N) is 1. The number of benzene rings is 2. The van der Waals surface area contributed by atoms with Crippen LogP contribution in [-0.4, -0.2) is 32.6 Å². The summed E-state index contributed by atoms with van der Waals surface area (Å²) in [6, 6.07) is 13.1. The van der Waals surface area contributed by atoms with Crippen LogP contribution in [0, 0.1) is 0 Å². The van der Waals surface area contributed by atoms with Gasteiger partial charge in [0.15, 0.2) is 17.3 Å². The van der Waals surface area contributed by atoms with Crippen LogP contribution in [0.15, 0.2) is 65.0 Å². The molecule has 0 aromatic heterocycles. The summed E-state index contributed by atoms with van der Waals surface area (Å²) in [6.07, 6.45) is 1.00. The minimum Gasteiger partial charge on any atom is -0.493 e. The van der Waals surface area contributed by atoms with Crippen molar-refractivity contribution in [3.63, 3.8) is 0 Å². The zero-order valence-electron chi connectivity index (χ0n) is 19.7. The minimum atomic E-state index is -0.561. The first-order valence-electron chi connectivity index (χ1n) is 11.3. The number of Topliss-reactive ketones (excluding diaryl/α,β-unsaturated/α-hetero) is 1. The van der Waals surface area contributed by atoms with Crippen LogP contribution in [0.25, 0.3) is 0 Å². The van der Waals surface area contributed by atoms with Gasteiger partial charge in [-0.05, 0) is 61.6 Å². The fourth-order valence-electron chi connectivity index (χ4n) is 4.85. The number of rotatable bonds is 6. The van der Waals surface area contributed by atoms with E-state index in [4.69, 9.17) is 25.8 Å². The van der Waals surface area contributed by atoms with E-state index in [1.165, 1.54) is 0 Å². The van der Waals surface area contributed by atoms with E-state index in [9.17, 15) is 9.59 Å². The average molecular weight is 482 g/mol. The van der Waals surface area contributed by atoms with Crippen molar-refractivity contribution in [1.82, 2.24) is 5.32 Å². The normalized spacial score (nSPS) is 20.0. The van der Waals surface area contributed by atoms with Crippen LogP contribution in [0.4, 0.5) is 0 Å². The first-order valence-corrected chi connectivity index (χ1v) is 11.6. The van der Waals surface area contributed by atoms with Crippen molar-refractivity contribution in [3.8, 4) is 11.5 Å². The van der Waals surface area contributed by atoms with Gasteiger partial charge >= 0.3 is 5.97 Å². The van der Waals surface area contributed by atoms with Crippen molar-refractivity contribution in [1.29, 1.82) is 0 Å². The smallest absolute Gasteiger partial charge is 0.336 e. The molecule has 1 heterocycles. The van der Waals surface area contributed by atoms with Crippen LogP contribution in [0.3, 0.4) is 0 Å². The molecule has 2 aliphatic rings. The highest BCUT2D eigenvalue weighted by Crippen LogP contribution is 2.47. The van der Waals surface area contributed by atoms with Gasteiger partial charge in [-0.3, -0.25) is 4.79 Å². The monoisotopic (exact) mass is 481 g/mol. The Hall–Kier alpha value is -3.25. The molecule has 178 valence electrons. The molecule has 2 atom stereocenters. The van der Waals surface area contributed by atoms with Crippen LogP contribution in [0.2, 0.25) is 5.02 Å². The molecule has 0 saturated carbocycles. The topological polar surface area (TPSA) is 73.9 Å². The van der Waals surface area contributed by atoms with Gasteiger partial charge < -0.3 is 19.5 Å². The number of hydrogen-bond acceptors (Lipinski definition) is 6. The summed E-state index contributed by atoms with van der Waals surface area (Å²) in [4.78, 5) is 26.7. The lowest BCUT2D eigenvalue weighted by molar-refractivity contribution is -0.138. The molecule has 0 unspecified atom stereocenters. The number of carbonyl (C=O) groups is 2. The third-order valence-corrected chi connectivity index (χ3v) is 6.66. The predicted octanol–water partition coefficient (Wildman–Crippen LogP) is 5.28. The summed E-state index contributed by atoms with van der Waals surface area (Å²) in [7, 11) is 3.13. The van der Waals surface area contributed by atoms with Gasteiger partial charge in [-0.25, -0.2) is 4.79 Å². The predicted molar refractivity (Wildman–Crippen MR) is 130 cm³/mol. The molecule has 4 rings (SSSR count). The maximum absolute atomic E-state index is 13.6. The Balaban J connectivity index is 1.82. The molecular weight excluding hydrogens is 454 g/mol. The number of halogens is 1. The molecule has 2 aromatic rings. The van der Waals surface area contributed by atoms with E-state index in [0.29, 0.717) is 46.2 Å². The number of hydrogen-bond donors (Lipinski definition) is 1. The summed E-state index contributed by atoms with van der Waals surface area (Å²) < 4.78 is 16.3. The largest absolute Gasteiger partial charge is 0.493 e. The molecule has 0 spiro atoms. The lowest BCUT2D eigenvalue weighted by atomic mass is 9.71. The molecule has 1 aliphatic heterocycles. The van der Waals surface area contributed by atoms with Crippen molar-refractivity contribution in [3.05, 3.63) is 81.2 Å². The van der Waals surface area contributed by atoms with E-state index in [0.717, 1.165) is 16.8 Å². The third-order valence-electron chi connectivity index (χ3n) is 6.41. The first kappa shape index (κ1) is 23.9. The van der Waals surface area contributed by atoms with E-state index in [2.05, 4.69) is 5.32 Å². The quantitative estimate of drug-likeness (QED) is 0.566. The number of carbonyl (C=O) groups excluding carboxylic acids is 2. The number of dihydropyridines is 1. The highest BCUT2D eigenvalue weighted by atomic mass is 35.5. The van der Waals surface area contributed by atoms with Gasteiger partial charge in [-0.15, -0.1) is 0 Å². The maximum atomic E-state index is 13.6. The highest BCUT2D eigenvalue weighted by molar-refractivity contribution is 6.30. The van der Waals surface area contributed by atoms with Crippen LogP contribution in [0.5, 0.6) is 11.5 Å². The van der Waals surface area contributed by atoms with Gasteiger partial charge in [-0.1, -0.05) is 29.8 Å². The lowest BCUT2D eigenvalue weighted by Gasteiger charge is -2.36. The van der Waals surface area contributed by atoms with Crippen LogP contribution in [0.1, 0.15) is 49.7 Å². The maximum Gasteiger partial charge on any atom is 0.336 e. The molecule has 1 N–H and O–H groups in total. The molecule has 6 nitrogen and oxygen atoms in total. The SMILES string of the molecule is CCOC(=O)C1=C(C)NC2=C(C(=O)C[C@H](c3ccc(Cl)cc3)C2)[C@H]1c1ccc(OC)c(OC)c1. The number of methoxy groups -OCH3 is 2. The standard InChI is InChI=1S/C27H28ClNO5/c1-5-34-27(31)24-15(2)29-20-12-18(16-6-9-19(28)10-7-16)13-21(30)26(20)25(24)17-8-11-22(32-3)23(14-17)33-4/h6-11,14,18,25,29H,5,12-13H2,1-4H3/t18-,25+/m1/s1. The van der Waals surface area contributed by atoms with Gasteiger partial charge in [0.2, 0.25) is 0 Å². The van der Waals surface area contributed by atoms with Crippen LogP contribution in [-0.2, 0) is 14.3 Å². The Kier molecular flexibility index (Phi) is 6.98.